The van der Waals surface area contributed by atoms with Gasteiger partial charge in [-0.1, -0.05) is 26.7 Å². The number of hydrogen-bond donors (Lipinski definition) is 1. The molecule has 0 amide bonds. The maximum Gasteiger partial charge on any atom is 0.131 e. The normalized spacial score (nSPS) is 23.5. The molecule has 2 rings (SSSR count). The van der Waals surface area contributed by atoms with Crippen molar-refractivity contribution < 1.29 is 5.11 Å². The standard InChI is InChI=1S/C15H24N2O/c1-3-5-14-13(10-18)9-16-15(17-14)12-7-6-11(4-2)8-12/h9,11-12,18H,3-8,10H2,1-2H3. The zero-order valence-corrected chi connectivity index (χ0v) is 11.5. The molecule has 0 spiro atoms. The van der Waals surface area contributed by atoms with Gasteiger partial charge in [-0.25, -0.2) is 9.97 Å². The summed E-state index contributed by atoms with van der Waals surface area (Å²) >= 11 is 0. The van der Waals surface area contributed by atoms with Crippen LogP contribution in [0.25, 0.3) is 0 Å². The molecule has 1 aromatic heterocycles. The lowest BCUT2D eigenvalue weighted by atomic mass is 10.0. The van der Waals surface area contributed by atoms with Crippen LogP contribution >= 0.6 is 0 Å². The number of aryl methyl sites for hydroxylation is 1. The maximum atomic E-state index is 9.30. The van der Waals surface area contributed by atoms with Crippen molar-refractivity contribution in [1.29, 1.82) is 0 Å². The lowest BCUT2D eigenvalue weighted by Crippen LogP contribution is -2.07. The van der Waals surface area contributed by atoms with Gasteiger partial charge in [0.1, 0.15) is 5.82 Å². The number of hydrogen-bond acceptors (Lipinski definition) is 3. The molecule has 0 radical (unpaired) electrons. The van der Waals surface area contributed by atoms with Crippen molar-refractivity contribution in [3.63, 3.8) is 0 Å². The fourth-order valence-corrected chi connectivity index (χ4v) is 2.92. The predicted molar refractivity (Wildman–Crippen MR) is 72.3 cm³/mol. The first-order valence-corrected chi connectivity index (χ1v) is 7.24. The third kappa shape index (κ3) is 2.89. The van der Waals surface area contributed by atoms with Gasteiger partial charge in [-0.05, 0) is 31.6 Å². The van der Waals surface area contributed by atoms with Gasteiger partial charge >= 0.3 is 0 Å². The first-order valence-electron chi connectivity index (χ1n) is 7.24. The monoisotopic (exact) mass is 248 g/mol. The van der Waals surface area contributed by atoms with Gasteiger partial charge in [0, 0.05) is 23.4 Å². The number of nitrogens with zero attached hydrogens (tertiary/aromatic N) is 2. The van der Waals surface area contributed by atoms with Gasteiger partial charge in [-0.15, -0.1) is 0 Å². The molecule has 3 heteroatoms. The molecule has 2 unspecified atom stereocenters. The quantitative estimate of drug-likeness (QED) is 0.870. The highest BCUT2D eigenvalue weighted by atomic mass is 16.3. The van der Waals surface area contributed by atoms with E-state index >= 15 is 0 Å². The first kappa shape index (κ1) is 13.5. The van der Waals surface area contributed by atoms with Crippen LogP contribution in [0.2, 0.25) is 0 Å². The van der Waals surface area contributed by atoms with Gasteiger partial charge in [0.05, 0.1) is 6.61 Å². The Labute approximate surface area is 110 Å². The van der Waals surface area contributed by atoms with Crippen LogP contribution in [0.1, 0.15) is 69.0 Å². The molecule has 3 nitrogen and oxygen atoms in total. The van der Waals surface area contributed by atoms with E-state index in [4.69, 9.17) is 4.98 Å². The highest BCUT2D eigenvalue weighted by molar-refractivity contribution is 5.18. The van der Waals surface area contributed by atoms with Crippen LogP contribution in [0.4, 0.5) is 0 Å². The summed E-state index contributed by atoms with van der Waals surface area (Å²) in [6.45, 7) is 4.47. The van der Waals surface area contributed by atoms with Crippen molar-refractivity contribution in [3.8, 4) is 0 Å². The lowest BCUT2D eigenvalue weighted by Gasteiger charge is -2.12. The smallest absolute Gasteiger partial charge is 0.131 e. The van der Waals surface area contributed by atoms with Crippen molar-refractivity contribution in [2.45, 2.75) is 64.9 Å². The van der Waals surface area contributed by atoms with Gasteiger partial charge in [-0.3, -0.25) is 0 Å². The van der Waals surface area contributed by atoms with Crippen molar-refractivity contribution in [3.05, 3.63) is 23.3 Å². The lowest BCUT2D eigenvalue weighted by molar-refractivity contribution is 0.279. The van der Waals surface area contributed by atoms with E-state index in [2.05, 4.69) is 18.8 Å². The largest absolute Gasteiger partial charge is 0.392 e. The molecule has 0 aliphatic heterocycles. The molecule has 1 aliphatic rings. The number of aromatic nitrogens is 2. The summed E-state index contributed by atoms with van der Waals surface area (Å²) in [6, 6.07) is 0. The predicted octanol–water partition coefficient (Wildman–Crippen LogP) is 3.22. The SMILES string of the molecule is CCCc1nc(C2CCC(CC)C2)ncc1CO. The molecule has 100 valence electrons. The van der Waals surface area contributed by atoms with Gasteiger partial charge in [-0.2, -0.15) is 0 Å². The fraction of sp³-hybridized carbons (Fsp3) is 0.733. The van der Waals surface area contributed by atoms with E-state index in [1.54, 1.807) is 0 Å². The van der Waals surface area contributed by atoms with Crippen LogP contribution < -0.4 is 0 Å². The Bertz CT molecular complexity index is 392. The van der Waals surface area contributed by atoms with Crippen molar-refractivity contribution in [1.82, 2.24) is 9.97 Å². The van der Waals surface area contributed by atoms with Crippen LogP contribution in [0.3, 0.4) is 0 Å². The van der Waals surface area contributed by atoms with Gasteiger partial charge < -0.3 is 5.11 Å². The van der Waals surface area contributed by atoms with E-state index < -0.39 is 0 Å². The zero-order chi connectivity index (χ0) is 13.0. The summed E-state index contributed by atoms with van der Waals surface area (Å²) in [5, 5.41) is 9.30. The number of rotatable bonds is 5. The molecule has 1 fully saturated rings. The Hall–Kier alpha value is -0.960. The molecule has 1 heterocycles. The summed E-state index contributed by atoms with van der Waals surface area (Å²) in [6.07, 6.45) is 8.87. The Morgan fingerprint density at radius 2 is 2.17 bits per heavy atom. The van der Waals surface area contributed by atoms with Gasteiger partial charge in [0.15, 0.2) is 0 Å². The van der Waals surface area contributed by atoms with E-state index in [1.807, 2.05) is 6.20 Å². The molecule has 18 heavy (non-hydrogen) atoms. The minimum atomic E-state index is 0.0534. The van der Waals surface area contributed by atoms with Crippen LogP contribution in [0, 0.1) is 5.92 Å². The average Bonchev–Trinajstić information content (AvgIpc) is 2.88. The molecule has 1 N–H and O–H groups in total. The summed E-state index contributed by atoms with van der Waals surface area (Å²) in [4.78, 5) is 9.18. The van der Waals surface area contributed by atoms with Crippen molar-refractivity contribution in [2.75, 3.05) is 0 Å². The Balaban J connectivity index is 2.16. The third-order valence-corrected chi connectivity index (χ3v) is 4.11. The zero-order valence-electron chi connectivity index (χ0n) is 11.5. The molecular weight excluding hydrogens is 224 g/mol. The fourth-order valence-electron chi connectivity index (χ4n) is 2.92. The van der Waals surface area contributed by atoms with Gasteiger partial charge in [0.25, 0.3) is 0 Å². The number of aliphatic hydroxyl groups excluding tert-OH is 1. The maximum absolute atomic E-state index is 9.30. The molecule has 1 aliphatic carbocycles. The molecular formula is C15H24N2O. The van der Waals surface area contributed by atoms with E-state index in [0.717, 1.165) is 35.8 Å². The topological polar surface area (TPSA) is 46.0 Å². The molecule has 0 bridgehead atoms. The second kappa shape index (κ2) is 6.28. The minimum absolute atomic E-state index is 0.0534. The molecule has 1 saturated carbocycles. The molecule has 2 atom stereocenters. The summed E-state index contributed by atoms with van der Waals surface area (Å²) in [5.74, 6) is 2.40. The van der Waals surface area contributed by atoms with Crippen molar-refractivity contribution in [2.24, 2.45) is 5.92 Å². The molecule has 1 aromatic rings. The highest BCUT2D eigenvalue weighted by Crippen LogP contribution is 2.38. The second-order valence-electron chi connectivity index (χ2n) is 5.39. The van der Waals surface area contributed by atoms with E-state index in [1.165, 1.54) is 25.7 Å². The highest BCUT2D eigenvalue weighted by Gasteiger charge is 2.26. The van der Waals surface area contributed by atoms with Gasteiger partial charge in [0.2, 0.25) is 0 Å². The third-order valence-electron chi connectivity index (χ3n) is 4.11. The van der Waals surface area contributed by atoms with Crippen LogP contribution in [0.15, 0.2) is 6.20 Å². The molecule has 0 saturated heterocycles. The van der Waals surface area contributed by atoms with E-state index in [9.17, 15) is 5.11 Å². The van der Waals surface area contributed by atoms with Crippen molar-refractivity contribution >= 4 is 0 Å². The van der Waals surface area contributed by atoms with Crippen LogP contribution in [-0.4, -0.2) is 15.1 Å². The minimum Gasteiger partial charge on any atom is -0.392 e. The summed E-state index contributed by atoms with van der Waals surface area (Å²) in [7, 11) is 0. The summed E-state index contributed by atoms with van der Waals surface area (Å²) < 4.78 is 0. The average molecular weight is 248 g/mol. The first-order chi connectivity index (χ1) is 8.78. The van der Waals surface area contributed by atoms with Crippen LogP contribution in [-0.2, 0) is 13.0 Å². The molecule has 0 aromatic carbocycles. The van der Waals surface area contributed by atoms with Crippen LogP contribution in [0.5, 0.6) is 0 Å². The Kier molecular flexibility index (Phi) is 4.70. The Morgan fingerprint density at radius 1 is 1.33 bits per heavy atom. The second-order valence-corrected chi connectivity index (χ2v) is 5.39. The number of aliphatic hydroxyl groups is 1. The Morgan fingerprint density at radius 3 is 2.78 bits per heavy atom. The summed E-state index contributed by atoms with van der Waals surface area (Å²) in [5.41, 5.74) is 1.94. The van der Waals surface area contributed by atoms with E-state index in [-0.39, 0.29) is 6.61 Å². The van der Waals surface area contributed by atoms with E-state index in [0.29, 0.717) is 5.92 Å².